The zero-order valence-corrected chi connectivity index (χ0v) is 26.4. The van der Waals surface area contributed by atoms with Crippen molar-refractivity contribution >= 4 is 44.3 Å². The Morgan fingerprint density at radius 3 is 1.90 bits per heavy atom. The molecule has 48 heavy (non-hydrogen) atoms. The highest BCUT2D eigenvalue weighted by molar-refractivity contribution is 6.32. The predicted octanol–water partition coefficient (Wildman–Crippen LogP) is 11.9. The molecule has 9 aromatic rings. The third kappa shape index (κ3) is 4.91. The van der Waals surface area contributed by atoms with Crippen LogP contribution in [0.2, 0.25) is 5.02 Å². The Hall–Kier alpha value is -6.10. The number of halogens is 1. The van der Waals surface area contributed by atoms with Crippen LogP contribution in [0.1, 0.15) is 0 Å². The van der Waals surface area contributed by atoms with Crippen LogP contribution >= 0.6 is 11.6 Å². The Balaban J connectivity index is 1.29. The molecule has 0 unspecified atom stereocenters. The molecule has 0 N–H and O–H groups in total. The van der Waals surface area contributed by atoms with Crippen LogP contribution in [-0.4, -0.2) is 15.0 Å². The molecule has 0 amide bonds. The molecule has 0 radical (unpaired) electrons. The number of furan rings is 1. The molecule has 0 saturated heterocycles. The van der Waals surface area contributed by atoms with Crippen molar-refractivity contribution in [2.75, 3.05) is 0 Å². The van der Waals surface area contributed by atoms with Gasteiger partial charge in [-0.2, -0.15) is 0 Å². The second kappa shape index (κ2) is 11.6. The summed E-state index contributed by atoms with van der Waals surface area (Å²) in [7, 11) is 0. The van der Waals surface area contributed by atoms with Gasteiger partial charge in [0.25, 0.3) is 0 Å². The zero-order valence-electron chi connectivity index (χ0n) is 25.6. The number of aromatic nitrogens is 3. The summed E-state index contributed by atoms with van der Waals surface area (Å²) < 4.78 is 6.22. The normalized spacial score (nSPS) is 11.4. The minimum atomic E-state index is 0.562. The Morgan fingerprint density at radius 2 is 1.06 bits per heavy atom. The Bertz CT molecular complexity index is 2630. The summed E-state index contributed by atoms with van der Waals surface area (Å²) in [5.41, 5.74) is 8.70. The van der Waals surface area contributed by atoms with Gasteiger partial charge in [-0.25, -0.2) is 15.0 Å². The van der Waals surface area contributed by atoms with Crippen molar-refractivity contribution in [3.8, 4) is 56.4 Å². The van der Waals surface area contributed by atoms with Gasteiger partial charge in [0.05, 0.1) is 0 Å². The third-order valence-electron chi connectivity index (χ3n) is 8.81. The van der Waals surface area contributed by atoms with Crippen LogP contribution in [0, 0.1) is 0 Å². The summed E-state index contributed by atoms with van der Waals surface area (Å²) in [5, 5.41) is 4.89. The van der Waals surface area contributed by atoms with E-state index in [4.69, 9.17) is 31.0 Å². The molecule has 0 bridgehead atoms. The lowest BCUT2D eigenvalue weighted by molar-refractivity contribution is 0.669. The van der Waals surface area contributed by atoms with E-state index in [1.807, 2.05) is 72.8 Å². The van der Waals surface area contributed by atoms with Gasteiger partial charge in [-0.15, -0.1) is 0 Å². The second-order valence-corrected chi connectivity index (χ2v) is 12.2. The van der Waals surface area contributed by atoms with Crippen molar-refractivity contribution < 1.29 is 4.42 Å². The van der Waals surface area contributed by atoms with E-state index in [-0.39, 0.29) is 0 Å². The first-order chi connectivity index (χ1) is 23.7. The summed E-state index contributed by atoms with van der Waals surface area (Å²) >= 11 is 6.46. The van der Waals surface area contributed by atoms with Crippen molar-refractivity contribution in [1.29, 1.82) is 0 Å². The molecule has 2 aromatic heterocycles. The summed E-state index contributed by atoms with van der Waals surface area (Å²) in [6.07, 6.45) is 0. The molecular weight excluding hydrogens is 610 g/mol. The SMILES string of the molecule is Clc1ccc2oc3cccc(-c4nc(-c5ccccc5)nc(-c5ccc(-c6cccc7ccccc67)c(-c6ccccc6)c5)n4)c3c2c1. The summed E-state index contributed by atoms with van der Waals surface area (Å²) in [4.78, 5) is 15.3. The van der Waals surface area contributed by atoms with E-state index < -0.39 is 0 Å². The van der Waals surface area contributed by atoms with Crippen molar-refractivity contribution in [1.82, 2.24) is 15.0 Å². The van der Waals surface area contributed by atoms with Gasteiger partial charge in [0.1, 0.15) is 11.2 Å². The van der Waals surface area contributed by atoms with Crippen LogP contribution < -0.4 is 0 Å². The highest BCUT2D eigenvalue weighted by Gasteiger charge is 2.19. The Kier molecular flexibility index (Phi) is 6.81. The first-order valence-corrected chi connectivity index (χ1v) is 16.2. The number of fused-ring (bicyclic) bond motifs is 4. The molecule has 5 heteroatoms. The molecule has 4 nitrogen and oxygen atoms in total. The quantitative estimate of drug-likeness (QED) is 0.189. The minimum absolute atomic E-state index is 0.562. The minimum Gasteiger partial charge on any atom is -0.456 e. The van der Waals surface area contributed by atoms with Gasteiger partial charge in [0.2, 0.25) is 0 Å². The van der Waals surface area contributed by atoms with E-state index in [2.05, 4.69) is 84.9 Å². The first-order valence-electron chi connectivity index (χ1n) is 15.8. The average Bonchev–Trinajstić information content (AvgIpc) is 3.53. The average molecular weight is 636 g/mol. The second-order valence-electron chi connectivity index (χ2n) is 11.7. The summed E-state index contributed by atoms with van der Waals surface area (Å²) in [6.45, 7) is 0. The maximum absolute atomic E-state index is 6.46. The van der Waals surface area contributed by atoms with Gasteiger partial charge in [0, 0.05) is 32.5 Å². The maximum atomic E-state index is 6.46. The lowest BCUT2D eigenvalue weighted by atomic mass is 9.90. The van der Waals surface area contributed by atoms with Crippen molar-refractivity contribution in [2.24, 2.45) is 0 Å². The predicted molar refractivity (Wildman–Crippen MR) is 197 cm³/mol. The zero-order chi connectivity index (χ0) is 32.0. The molecule has 7 aromatic carbocycles. The van der Waals surface area contributed by atoms with Crippen LogP contribution in [0.5, 0.6) is 0 Å². The number of nitrogens with zero attached hydrogens (tertiary/aromatic N) is 3. The van der Waals surface area contributed by atoms with Gasteiger partial charge in [-0.3, -0.25) is 0 Å². The fourth-order valence-corrected chi connectivity index (χ4v) is 6.73. The molecular formula is C43H26ClN3O. The van der Waals surface area contributed by atoms with Crippen molar-refractivity contribution in [3.63, 3.8) is 0 Å². The standard InChI is InChI=1S/C43H26ClN3O/c44-31-22-24-38-37(26-31)40-35(19-10-20-39(40)48-38)43-46-41(29-14-5-2-6-15-29)45-42(47-43)30-21-23-34(36(25-30)28-11-3-1-4-12-28)33-18-9-16-27-13-7-8-17-32(27)33/h1-26H. The van der Waals surface area contributed by atoms with E-state index >= 15 is 0 Å². The van der Waals surface area contributed by atoms with Crippen molar-refractivity contribution in [3.05, 3.63) is 163 Å². The molecule has 0 aliphatic heterocycles. The highest BCUT2D eigenvalue weighted by Crippen LogP contribution is 2.40. The Labute approximate surface area is 282 Å². The van der Waals surface area contributed by atoms with Crippen LogP contribution in [-0.2, 0) is 0 Å². The molecule has 0 spiro atoms. The van der Waals surface area contributed by atoms with Gasteiger partial charge < -0.3 is 4.42 Å². The molecule has 0 fully saturated rings. The van der Waals surface area contributed by atoms with Gasteiger partial charge in [-0.05, 0) is 63.4 Å². The fourth-order valence-electron chi connectivity index (χ4n) is 6.56. The van der Waals surface area contributed by atoms with Gasteiger partial charge in [0.15, 0.2) is 17.5 Å². The summed E-state index contributed by atoms with van der Waals surface area (Å²) in [6, 6.07) is 53.7. The van der Waals surface area contributed by atoms with Crippen molar-refractivity contribution in [2.45, 2.75) is 0 Å². The maximum Gasteiger partial charge on any atom is 0.164 e. The van der Waals surface area contributed by atoms with Crippen LogP contribution in [0.3, 0.4) is 0 Å². The van der Waals surface area contributed by atoms with E-state index in [9.17, 15) is 0 Å². The van der Waals surface area contributed by atoms with E-state index in [1.165, 1.54) is 16.3 Å². The fraction of sp³-hybridized carbons (Fsp3) is 0. The van der Waals surface area contributed by atoms with E-state index in [1.54, 1.807) is 0 Å². The third-order valence-corrected chi connectivity index (χ3v) is 9.04. The molecule has 9 rings (SSSR count). The summed E-state index contributed by atoms with van der Waals surface area (Å²) in [5.74, 6) is 1.74. The molecule has 0 aliphatic rings. The lowest BCUT2D eigenvalue weighted by Crippen LogP contribution is -2.01. The Morgan fingerprint density at radius 1 is 0.396 bits per heavy atom. The molecule has 2 heterocycles. The van der Waals surface area contributed by atoms with E-state index in [0.29, 0.717) is 22.5 Å². The largest absolute Gasteiger partial charge is 0.456 e. The van der Waals surface area contributed by atoms with E-state index in [0.717, 1.165) is 55.3 Å². The smallest absolute Gasteiger partial charge is 0.164 e. The first kappa shape index (κ1) is 28.1. The van der Waals surface area contributed by atoms with Crippen LogP contribution in [0.25, 0.3) is 89.1 Å². The number of rotatable bonds is 5. The molecule has 0 aliphatic carbocycles. The number of hydrogen-bond acceptors (Lipinski definition) is 4. The topological polar surface area (TPSA) is 51.8 Å². The number of hydrogen-bond donors (Lipinski definition) is 0. The van der Waals surface area contributed by atoms with Gasteiger partial charge in [-0.1, -0.05) is 139 Å². The molecule has 0 atom stereocenters. The lowest BCUT2D eigenvalue weighted by Gasteiger charge is -2.15. The van der Waals surface area contributed by atoms with Crippen LogP contribution in [0.4, 0.5) is 0 Å². The monoisotopic (exact) mass is 635 g/mol. The molecule has 226 valence electrons. The number of benzene rings is 7. The molecule has 0 saturated carbocycles. The highest BCUT2D eigenvalue weighted by atomic mass is 35.5. The van der Waals surface area contributed by atoms with Gasteiger partial charge >= 0.3 is 0 Å². The van der Waals surface area contributed by atoms with Crippen LogP contribution in [0.15, 0.2) is 162 Å².